The Hall–Kier alpha value is -1.79. The number of hydrogen-bond acceptors (Lipinski definition) is 4. The van der Waals surface area contributed by atoms with Crippen LogP contribution >= 0.6 is 0 Å². The van der Waals surface area contributed by atoms with E-state index in [-0.39, 0.29) is 18.4 Å². The van der Waals surface area contributed by atoms with Gasteiger partial charge in [-0.3, -0.25) is 4.79 Å². The molecular formula is C16H26N2O5. The van der Waals surface area contributed by atoms with E-state index in [1.54, 1.807) is 6.92 Å². The second-order valence-corrected chi connectivity index (χ2v) is 6.27. The van der Waals surface area contributed by atoms with Crippen molar-refractivity contribution >= 4 is 18.0 Å². The van der Waals surface area contributed by atoms with Crippen molar-refractivity contribution in [3.63, 3.8) is 0 Å². The van der Waals surface area contributed by atoms with Crippen LogP contribution in [0.3, 0.4) is 0 Å². The standard InChI is InChI=1S/C16H26N2O5/c1-2-23-16(22)17-13(11-7-4-3-5-8-11)14(19)18-10-6-9-12(18)15(20)21/h11-13H,2-10H2,1H3,(H,17,22)(H,20,21). The molecule has 7 heteroatoms. The number of carboxylic acid groups (broad SMARTS) is 1. The molecule has 2 rings (SSSR count). The summed E-state index contributed by atoms with van der Waals surface area (Å²) in [5.41, 5.74) is 0. The fourth-order valence-electron chi connectivity index (χ4n) is 3.61. The van der Waals surface area contributed by atoms with Crippen molar-refractivity contribution in [1.29, 1.82) is 0 Å². The van der Waals surface area contributed by atoms with Crippen molar-refractivity contribution in [2.24, 2.45) is 5.92 Å². The highest BCUT2D eigenvalue weighted by Crippen LogP contribution is 2.29. The molecule has 0 radical (unpaired) electrons. The Morgan fingerprint density at radius 3 is 2.48 bits per heavy atom. The zero-order valence-electron chi connectivity index (χ0n) is 13.6. The topological polar surface area (TPSA) is 95.9 Å². The third kappa shape index (κ3) is 4.36. The van der Waals surface area contributed by atoms with E-state index >= 15 is 0 Å². The first kappa shape index (κ1) is 17.6. The van der Waals surface area contributed by atoms with Crippen LogP contribution in [0.5, 0.6) is 0 Å². The fraction of sp³-hybridized carbons (Fsp3) is 0.812. The van der Waals surface area contributed by atoms with Crippen LogP contribution in [0.4, 0.5) is 4.79 Å². The van der Waals surface area contributed by atoms with Gasteiger partial charge in [-0.15, -0.1) is 0 Å². The van der Waals surface area contributed by atoms with Crippen molar-refractivity contribution in [3.8, 4) is 0 Å². The van der Waals surface area contributed by atoms with Gasteiger partial charge in [0.05, 0.1) is 6.61 Å². The first-order valence-corrected chi connectivity index (χ1v) is 8.51. The summed E-state index contributed by atoms with van der Waals surface area (Å²) < 4.78 is 4.91. The molecule has 1 saturated carbocycles. The van der Waals surface area contributed by atoms with Gasteiger partial charge in [-0.1, -0.05) is 19.3 Å². The van der Waals surface area contributed by atoms with Gasteiger partial charge in [0.25, 0.3) is 0 Å². The maximum absolute atomic E-state index is 12.9. The van der Waals surface area contributed by atoms with E-state index in [1.165, 1.54) is 4.90 Å². The predicted octanol–water partition coefficient (Wildman–Crippen LogP) is 1.76. The number of rotatable bonds is 5. The largest absolute Gasteiger partial charge is 0.480 e. The van der Waals surface area contributed by atoms with Crippen LogP contribution < -0.4 is 5.32 Å². The molecule has 2 N–H and O–H groups in total. The molecule has 0 aromatic carbocycles. The number of nitrogens with zero attached hydrogens (tertiary/aromatic N) is 1. The van der Waals surface area contributed by atoms with Gasteiger partial charge >= 0.3 is 12.1 Å². The lowest BCUT2D eigenvalue weighted by molar-refractivity contribution is -0.149. The first-order valence-electron chi connectivity index (χ1n) is 8.51. The molecule has 2 unspecified atom stereocenters. The molecule has 2 atom stereocenters. The number of carboxylic acids is 1. The highest BCUT2D eigenvalue weighted by Gasteiger charge is 2.40. The van der Waals surface area contributed by atoms with E-state index in [0.717, 1.165) is 32.1 Å². The molecule has 1 aliphatic heterocycles. The summed E-state index contributed by atoms with van der Waals surface area (Å²) >= 11 is 0. The molecule has 1 heterocycles. The van der Waals surface area contributed by atoms with Crippen molar-refractivity contribution in [2.45, 2.75) is 64.0 Å². The van der Waals surface area contributed by atoms with Crippen molar-refractivity contribution < 1.29 is 24.2 Å². The molecular weight excluding hydrogens is 300 g/mol. The minimum atomic E-state index is -0.977. The van der Waals surface area contributed by atoms with Gasteiger partial charge in [0.15, 0.2) is 0 Å². The Balaban J connectivity index is 2.12. The van der Waals surface area contributed by atoms with Crippen LogP contribution in [0.2, 0.25) is 0 Å². The number of carbonyl (C=O) groups is 3. The van der Waals surface area contributed by atoms with E-state index in [1.807, 2.05) is 0 Å². The van der Waals surface area contributed by atoms with Gasteiger partial charge in [0.2, 0.25) is 5.91 Å². The summed E-state index contributed by atoms with van der Waals surface area (Å²) in [5.74, 6) is -1.21. The minimum absolute atomic E-state index is 0.0516. The molecule has 1 saturated heterocycles. The average molecular weight is 326 g/mol. The molecule has 0 aromatic rings. The van der Waals surface area contributed by atoms with Crippen LogP contribution in [0.1, 0.15) is 51.9 Å². The summed E-state index contributed by atoms with van der Waals surface area (Å²) in [6.45, 7) is 2.38. The lowest BCUT2D eigenvalue weighted by Crippen LogP contribution is -2.55. The molecule has 1 aliphatic carbocycles. The Kier molecular flexibility index (Phi) is 6.24. The smallest absolute Gasteiger partial charge is 0.407 e. The van der Waals surface area contributed by atoms with Crippen LogP contribution in [0.25, 0.3) is 0 Å². The number of nitrogens with one attached hydrogen (secondary N) is 1. The molecule has 0 spiro atoms. The van der Waals surface area contributed by atoms with E-state index in [4.69, 9.17) is 4.74 Å². The Bertz CT molecular complexity index is 448. The van der Waals surface area contributed by atoms with Gasteiger partial charge < -0.3 is 20.1 Å². The van der Waals surface area contributed by atoms with E-state index in [0.29, 0.717) is 19.4 Å². The van der Waals surface area contributed by atoms with Crippen LogP contribution in [-0.2, 0) is 14.3 Å². The molecule has 130 valence electrons. The van der Waals surface area contributed by atoms with E-state index in [2.05, 4.69) is 5.32 Å². The maximum atomic E-state index is 12.9. The highest BCUT2D eigenvalue weighted by atomic mass is 16.5. The Morgan fingerprint density at radius 2 is 1.87 bits per heavy atom. The molecule has 0 aromatic heterocycles. The average Bonchev–Trinajstić information content (AvgIpc) is 3.03. The lowest BCUT2D eigenvalue weighted by Gasteiger charge is -2.33. The van der Waals surface area contributed by atoms with Gasteiger partial charge in [0, 0.05) is 6.54 Å². The molecule has 2 aliphatic rings. The molecule has 2 amide bonds. The summed E-state index contributed by atoms with van der Waals surface area (Å²) in [5, 5.41) is 12.0. The summed E-state index contributed by atoms with van der Waals surface area (Å²) in [4.78, 5) is 37.4. The summed E-state index contributed by atoms with van der Waals surface area (Å²) in [7, 11) is 0. The van der Waals surface area contributed by atoms with Gasteiger partial charge in [-0.25, -0.2) is 9.59 Å². The number of aliphatic carboxylic acids is 1. The van der Waals surface area contributed by atoms with E-state index < -0.39 is 24.1 Å². The lowest BCUT2D eigenvalue weighted by atomic mass is 9.83. The number of hydrogen-bond donors (Lipinski definition) is 2. The normalized spacial score (nSPS) is 23.3. The zero-order valence-corrected chi connectivity index (χ0v) is 13.6. The second-order valence-electron chi connectivity index (χ2n) is 6.27. The third-order valence-corrected chi connectivity index (χ3v) is 4.76. The number of amides is 2. The van der Waals surface area contributed by atoms with E-state index in [9.17, 15) is 19.5 Å². The van der Waals surface area contributed by atoms with Crippen molar-refractivity contribution in [3.05, 3.63) is 0 Å². The Labute approximate surface area is 136 Å². The third-order valence-electron chi connectivity index (χ3n) is 4.76. The fourth-order valence-corrected chi connectivity index (χ4v) is 3.61. The number of carbonyl (C=O) groups excluding carboxylic acids is 2. The van der Waals surface area contributed by atoms with Crippen molar-refractivity contribution in [2.75, 3.05) is 13.2 Å². The van der Waals surface area contributed by atoms with Crippen LogP contribution in [-0.4, -0.2) is 53.2 Å². The summed E-state index contributed by atoms with van der Waals surface area (Å²) in [6, 6.07) is -1.47. The molecule has 2 fully saturated rings. The Morgan fingerprint density at radius 1 is 1.17 bits per heavy atom. The molecule has 7 nitrogen and oxygen atoms in total. The quantitative estimate of drug-likeness (QED) is 0.802. The van der Waals surface area contributed by atoms with Crippen LogP contribution in [0, 0.1) is 5.92 Å². The minimum Gasteiger partial charge on any atom is -0.480 e. The molecule has 23 heavy (non-hydrogen) atoms. The van der Waals surface area contributed by atoms with Gasteiger partial charge in [-0.2, -0.15) is 0 Å². The zero-order chi connectivity index (χ0) is 16.8. The highest BCUT2D eigenvalue weighted by molar-refractivity contribution is 5.90. The number of likely N-dealkylation sites (tertiary alicyclic amines) is 1. The summed E-state index contributed by atoms with van der Waals surface area (Å²) in [6.07, 6.45) is 5.48. The van der Waals surface area contributed by atoms with Gasteiger partial charge in [0.1, 0.15) is 12.1 Å². The first-order chi connectivity index (χ1) is 11.0. The second kappa shape index (κ2) is 8.17. The predicted molar refractivity (Wildman–Crippen MR) is 82.9 cm³/mol. The number of alkyl carbamates (subject to hydrolysis) is 1. The molecule has 0 bridgehead atoms. The SMILES string of the molecule is CCOC(=O)NC(C(=O)N1CCCC1C(=O)O)C1CCCCC1. The van der Waals surface area contributed by atoms with Crippen LogP contribution in [0.15, 0.2) is 0 Å². The van der Waals surface area contributed by atoms with Crippen molar-refractivity contribution in [1.82, 2.24) is 10.2 Å². The maximum Gasteiger partial charge on any atom is 0.407 e. The number of ether oxygens (including phenoxy) is 1. The monoisotopic (exact) mass is 326 g/mol. The van der Waals surface area contributed by atoms with Gasteiger partial charge in [-0.05, 0) is 38.5 Å².